The van der Waals surface area contributed by atoms with E-state index < -0.39 is 0 Å². The van der Waals surface area contributed by atoms with Gasteiger partial charge in [-0.1, -0.05) is 23.8 Å². The predicted octanol–water partition coefficient (Wildman–Crippen LogP) is 3.06. The van der Waals surface area contributed by atoms with Crippen LogP contribution in [0.25, 0.3) is 0 Å². The largest absolute Gasteiger partial charge is 0.0917 e. The second-order valence-corrected chi connectivity index (χ2v) is 2.53. The van der Waals surface area contributed by atoms with Gasteiger partial charge in [-0.15, -0.1) is 0 Å². The van der Waals surface area contributed by atoms with Crippen molar-refractivity contribution >= 4 is 0 Å². The summed E-state index contributed by atoms with van der Waals surface area (Å²) in [4.78, 5) is 0. The lowest BCUT2D eigenvalue weighted by molar-refractivity contribution is 0.847. The highest BCUT2D eigenvalue weighted by atomic mass is 14.1. The van der Waals surface area contributed by atoms with Gasteiger partial charge >= 0.3 is 0 Å². The van der Waals surface area contributed by atoms with E-state index in [1.807, 2.05) is 0 Å². The molecule has 0 aromatic heterocycles. The van der Waals surface area contributed by atoms with Gasteiger partial charge in [0.2, 0.25) is 0 Å². The van der Waals surface area contributed by atoms with Gasteiger partial charge in [0.05, 0.1) is 0 Å². The smallest absolute Gasteiger partial charge is 0.0136 e. The van der Waals surface area contributed by atoms with E-state index in [2.05, 4.69) is 25.2 Å². The monoisotopic (exact) mass is 122 g/mol. The molecule has 0 heteroatoms. The molecule has 0 aromatic rings. The summed E-state index contributed by atoms with van der Waals surface area (Å²) >= 11 is 0. The molecule has 50 valence electrons. The van der Waals surface area contributed by atoms with Crippen LogP contribution in [0.3, 0.4) is 0 Å². The minimum absolute atomic E-state index is 1.26. The van der Waals surface area contributed by atoms with E-state index in [1.165, 1.54) is 25.7 Å². The molecular formula is C9H14. The Bertz CT molecular complexity index is 129. The highest BCUT2D eigenvalue weighted by Gasteiger charge is 2.04. The van der Waals surface area contributed by atoms with Crippen LogP contribution in [-0.2, 0) is 0 Å². The van der Waals surface area contributed by atoms with Crippen molar-refractivity contribution in [3.05, 3.63) is 23.8 Å². The molecule has 0 unspecified atom stereocenters. The van der Waals surface area contributed by atoms with Crippen molar-refractivity contribution < 1.29 is 0 Å². The first kappa shape index (κ1) is 6.60. The molecule has 1 aliphatic carbocycles. The molecule has 0 saturated heterocycles. The maximum absolute atomic E-state index is 2.32. The van der Waals surface area contributed by atoms with E-state index in [4.69, 9.17) is 0 Å². The molecule has 0 aliphatic heterocycles. The van der Waals surface area contributed by atoms with E-state index >= 15 is 0 Å². The van der Waals surface area contributed by atoms with Crippen LogP contribution in [0.4, 0.5) is 0 Å². The molecule has 0 amide bonds. The van der Waals surface area contributed by atoms with Crippen molar-refractivity contribution in [3.8, 4) is 0 Å². The third-order valence-corrected chi connectivity index (χ3v) is 1.60. The molecule has 0 atom stereocenters. The third kappa shape index (κ3) is 3.12. The predicted molar refractivity (Wildman–Crippen MR) is 41.4 cm³/mol. The summed E-state index contributed by atoms with van der Waals surface area (Å²) in [7, 11) is 0. The van der Waals surface area contributed by atoms with E-state index in [0.717, 1.165) is 0 Å². The fourth-order valence-corrected chi connectivity index (χ4v) is 0.890. The third-order valence-electron chi connectivity index (χ3n) is 1.60. The number of hydrogen-bond acceptors (Lipinski definition) is 0. The summed E-state index contributed by atoms with van der Waals surface area (Å²) in [6, 6.07) is 0. The Labute approximate surface area is 57.3 Å². The Hall–Kier alpha value is -0.520. The van der Waals surface area contributed by atoms with Crippen LogP contribution in [0.2, 0.25) is 0 Å². The van der Waals surface area contributed by atoms with Crippen LogP contribution in [0, 0.1) is 0 Å². The fraction of sp³-hybridized carbons (Fsp3) is 0.556. The first-order valence-corrected chi connectivity index (χ1v) is 3.72. The zero-order valence-electron chi connectivity index (χ0n) is 6.06. The Balaban J connectivity index is 1.87. The number of rotatable bonds is 4. The maximum atomic E-state index is 2.32. The van der Waals surface area contributed by atoms with Crippen molar-refractivity contribution in [2.24, 2.45) is 0 Å². The lowest BCUT2D eigenvalue weighted by Gasteiger charge is -1.88. The van der Waals surface area contributed by atoms with Crippen molar-refractivity contribution in [2.45, 2.75) is 32.6 Å². The van der Waals surface area contributed by atoms with Gasteiger partial charge in [-0.3, -0.25) is 0 Å². The van der Waals surface area contributed by atoms with E-state index in [1.54, 1.807) is 5.57 Å². The molecule has 0 nitrogen and oxygen atoms in total. The zero-order valence-corrected chi connectivity index (χ0v) is 6.06. The second kappa shape index (κ2) is 3.49. The Morgan fingerprint density at radius 2 is 2.44 bits per heavy atom. The summed E-state index contributed by atoms with van der Waals surface area (Å²) < 4.78 is 0. The first-order chi connectivity index (χ1) is 4.43. The molecule has 0 heterocycles. The number of unbranched alkanes of at least 4 members (excludes halogenated alkanes) is 1. The lowest BCUT2D eigenvalue weighted by Crippen LogP contribution is -1.69. The van der Waals surface area contributed by atoms with Gasteiger partial charge in [-0.2, -0.15) is 0 Å². The minimum atomic E-state index is 1.26. The van der Waals surface area contributed by atoms with Gasteiger partial charge in [0, 0.05) is 0 Å². The molecule has 1 rings (SSSR count). The fourth-order valence-electron chi connectivity index (χ4n) is 0.890. The molecule has 0 radical (unpaired) electrons. The molecule has 0 saturated carbocycles. The molecule has 9 heavy (non-hydrogen) atoms. The Morgan fingerprint density at radius 1 is 1.67 bits per heavy atom. The summed E-state index contributed by atoms with van der Waals surface area (Å²) in [5.74, 6) is 0. The van der Waals surface area contributed by atoms with Crippen molar-refractivity contribution in [1.82, 2.24) is 0 Å². The Morgan fingerprint density at radius 3 is 3.00 bits per heavy atom. The minimum Gasteiger partial charge on any atom is -0.0917 e. The topological polar surface area (TPSA) is 0 Å². The standard InChI is InChI=1S/C9H14/c1-2-3-4-5-6-9-7-8-9/h2-3,7H,4-6,8H2,1H3. The summed E-state index contributed by atoms with van der Waals surface area (Å²) in [6.45, 7) is 2.08. The maximum Gasteiger partial charge on any atom is -0.0136 e. The summed E-state index contributed by atoms with van der Waals surface area (Å²) in [5.41, 5.74) is 1.67. The highest BCUT2D eigenvalue weighted by Crippen LogP contribution is 2.24. The van der Waals surface area contributed by atoms with Crippen LogP contribution >= 0.6 is 0 Å². The first-order valence-electron chi connectivity index (χ1n) is 3.72. The average Bonchev–Trinajstić information content (AvgIpc) is 2.63. The van der Waals surface area contributed by atoms with Gasteiger partial charge < -0.3 is 0 Å². The lowest BCUT2D eigenvalue weighted by atomic mass is 10.2. The van der Waals surface area contributed by atoms with Gasteiger partial charge in [0.1, 0.15) is 0 Å². The van der Waals surface area contributed by atoms with Crippen molar-refractivity contribution in [2.75, 3.05) is 0 Å². The molecule has 1 aliphatic rings. The van der Waals surface area contributed by atoms with Gasteiger partial charge in [0.15, 0.2) is 0 Å². The van der Waals surface area contributed by atoms with Crippen molar-refractivity contribution in [3.63, 3.8) is 0 Å². The second-order valence-electron chi connectivity index (χ2n) is 2.53. The van der Waals surface area contributed by atoms with Gasteiger partial charge in [-0.05, 0) is 32.6 Å². The number of allylic oxidation sites excluding steroid dienone is 4. The normalized spacial score (nSPS) is 16.3. The van der Waals surface area contributed by atoms with Crippen LogP contribution < -0.4 is 0 Å². The van der Waals surface area contributed by atoms with Crippen LogP contribution in [0.15, 0.2) is 23.8 Å². The van der Waals surface area contributed by atoms with Crippen LogP contribution in [0.1, 0.15) is 32.6 Å². The van der Waals surface area contributed by atoms with E-state index in [9.17, 15) is 0 Å². The Kier molecular flexibility index (Phi) is 2.56. The molecular weight excluding hydrogens is 108 g/mol. The van der Waals surface area contributed by atoms with Crippen LogP contribution in [-0.4, -0.2) is 0 Å². The molecule has 0 bridgehead atoms. The summed E-state index contributed by atoms with van der Waals surface area (Å²) in [5, 5.41) is 0. The van der Waals surface area contributed by atoms with Crippen molar-refractivity contribution in [1.29, 1.82) is 0 Å². The highest BCUT2D eigenvalue weighted by molar-refractivity contribution is 5.21. The SMILES string of the molecule is CC=CCCCC1=CC1. The van der Waals surface area contributed by atoms with Gasteiger partial charge in [-0.25, -0.2) is 0 Å². The molecule has 0 fully saturated rings. The summed E-state index contributed by atoms with van der Waals surface area (Å²) in [6.07, 6.45) is 11.9. The van der Waals surface area contributed by atoms with E-state index in [-0.39, 0.29) is 0 Å². The van der Waals surface area contributed by atoms with Crippen LogP contribution in [0.5, 0.6) is 0 Å². The molecule has 0 N–H and O–H groups in total. The quantitative estimate of drug-likeness (QED) is 0.397. The van der Waals surface area contributed by atoms with Gasteiger partial charge in [0.25, 0.3) is 0 Å². The molecule has 0 spiro atoms. The average molecular weight is 122 g/mol. The zero-order chi connectivity index (χ0) is 6.53. The number of hydrogen-bond donors (Lipinski definition) is 0. The molecule has 0 aromatic carbocycles. The van der Waals surface area contributed by atoms with E-state index in [0.29, 0.717) is 0 Å².